The van der Waals surface area contributed by atoms with Crippen molar-refractivity contribution in [3.8, 4) is 0 Å². The topological polar surface area (TPSA) is 58.4 Å². The van der Waals surface area contributed by atoms with E-state index in [1.54, 1.807) is 6.07 Å². The molecule has 4 nitrogen and oxygen atoms in total. The van der Waals surface area contributed by atoms with Crippen LogP contribution in [0.4, 0.5) is 5.69 Å². The van der Waals surface area contributed by atoms with Crippen LogP contribution in [0.15, 0.2) is 18.2 Å². The summed E-state index contributed by atoms with van der Waals surface area (Å²) in [6.45, 7) is 7.04. The van der Waals surface area contributed by atoms with Gasteiger partial charge in [0.1, 0.15) is 0 Å². The number of likely N-dealkylation sites (tertiary alicyclic amines) is 1. The Morgan fingerprint density at radius 2 is 2.25 bits per heavy atom. The Morgan fingerprint density at radius 1 is 1.45 bits per heavy atom. The number of nitrogen functional groups attached to an aromatic ring is 1. The first-order valence-corrected chi connectivity index (χ1v) is 7.50. The largest absolute Gasteiger partial charge is 0.399 e. The Kier molecular flexibility index (Phi) is 5.01. The minimum Gasteiger partial charge on any atom is -0.399 e. The molecule has 0 spiro atoms. The van der Waals surface area contributed by atoms with Gasteiger partial charge in [0.2, 0.25) is 0 Å². The van der Waals surface area contributed by atoms with Crippen molar-refractivity contribution in [1.29, 1.82) is 0 Å². The molecule has 1 saturated heterocycles. The number of carbonyl (C=O) groups is 1. The molecule has 0 aliphatic carbocycles. The molecule has 1 fully saturated rings. The van der Waals surface area contributed by atoms with E-state index in [0.717, 1.165) is 25.2 Å². The van der Waals surface area contributed by atoms with E-state index in [-0.39, 0.29) is 5.91 Å². The standard InChI is InChI=1S/C16H25N3O/c1-3-19-9-5-4-6-14(19)11-18-16(20)15-10-13(17)8-7-12(15)2/h7-8,10,14H,3-6,9,11,17H2,1-2H3,(H,18,20). The van der Waals surface area contributed by atoms with Gasteiger partial charge in [0.05, 0.1) is 0 Å². The Morgan fingerprint density at radius 3 is 3.00 bits per heavy atom. The first-order chi connectivity index (χ1) is 9.61. The van der Waals surface area contributed by atoms with Crippen molar-refractivity contribution in [1.82, 2.24) is 10.2 Å². The van der Waals surface area contributed by atoms with Crippen LogP contribution in [-0.2, 0) is 0 Å². The van der Waals surface area contributed by atoms with E-state index in [9.17, 15) is 4.79 Å². The van der Waals surface area contributed by atoms with Gasteiger partial charge in [0.25, 0.3) is 5.91 Å². The first-order valence-electron chi connectivity index (χ1n) is 7.50. The molecule has 0 saturated carbocycles. The molecule has 0 aromatic heterocycles. The summed E-state index contributed by atoms with van der Waals surface area (Å²) >= 11 is 0. The molecule has 0 bridgehead atoms. The number of hydrogen-bond donors (Lipinski definition) is 2. The number of hydrogen-bond acceptors (Lipinski definition) is 3. The van der Waals surface area contributed by atoms with Crippen molar-refractivity contribution < 1.29 is 4.79 Å². The van der Waals surface area contributed by atoms with Crippen LogP contribution in [0.5, 0.6) is 0 Å². The van der Waals surface area contributed by atoms with E-state index in [4.69, 9.17) is 5.73 Å². The zero-order valence-corrected chi connectivity index (χ0v) is 12.5. The van der Waals surface area contributed by atoms with Gasteiger partial charge >= 0.3 is 0 Å². The molecule has 110 valence electrons. The molecule has 1 aliphatic heterocycles. The number of rotatable bonds is 4. The number of anilines is 1. The van der Waals surface area contributed by atoms with Crippen molar-refractivity contribution in [2.45, 2.75) is 39.2 Å². The lowest BCUT2D eigenvalue weighted by atomic mass is 10.0. The molecule has 1 atom stereocenters. The molecule has 20 heavy (non-hydrogen) atoms. The second-order valence-corrected chi connectivity index (χ2v) is 5.56. The van der Waals surface area contributed by atoms with Crippen molar-refractivity contribution in [3.05, 3.63) is 29.3 Å². The third-order valence-electron chi connectivity index (χ3n) is 4.16. The Hall–Kier alpha value is -1.55. The number of carbonyl (C=O) groups excluding carboxylic acids is 1. The molecular weight excluding hydrogens is 250 g/mol. The number of nitrogens with two attached hydrogens (primary N) is 1. The number of nitrogens with zero attached hydrogens (tertiary/aromatic N) is 1. The fourth-order valence-electron chi connectivity index (χ4n) is 2.90. The fourth-order valence-corrected chi connectivity index (χ4v) is 2.90. The van der Waals surface area contributed by atoms with Crippen LogP contribution in [0, 0.1) is 6.92 Å². The summed E-state index contributed by atoms with van der Waals surface area (Å²) in [4.78, 5) is 14.7. The summed E-state index contributed by atoms with van der Waals surface area (Å²) in [6.07, 6.45) is 3.70. The van der Waals surface area contributed by atoms with Crippen LogP contribution in [-0.4, -0.2) is 36.5 Å². The van der Waals surface area contributed by atoms with Gasteiger partial charge in [-0.05, 0) is 50.6 Å². The molecule has 3 N–H and O–H groups in total. The zero-order chi connectivity index (χ0) is 14.5. The average Bonchev–Trinajstić information content (AvgIpc) is 2.47. The molecule has 1 heterocycles. The van der Waals surface area contributed by atoms with Gasteiger partial charge in [0.15, 0.2) is 0 Å². The average molecular weight is 275 g/mol. The number of aryl methyl sites for hydroxylation is 1. The van der Waals surface area contributed by atoms with Gasteiger partial charge in [0, 0.05) is 23.8 Å². The predicted molar refractivity (Wildman–Crippen MR) is 82.8 cm³/mol. The molecule has 4 heteroatoms. The van der Waals surface area contributed by atoms with Crippen molar-refractivity contribution in [3.63, 3.8) is 0 Å². The maximum absolute atomic E-state index is 12.3. The molecule has 1 amide bonds. The molecule has 0 radical (unpaired) electrons. The molecule has 1 aromatic carbocycles. The Balaban J connectivity index is 1.96. The monoisotopic (exact) mass is 275 g/mol. The normalized spacial score (nSPS) is 19.8. The van der Waals surface area contributed by atoms with Crippen molar-refractivity contribution in [2.75, 3.05) is 25.4 Å². The first kappa shape index (κ1) is 14.9. The number of likely N-dealkylation sites (N-methyl/N-ethyl adjacent to an activating group) is 1. The van der Waals surface area contributed by atoms with Gasteiger partial charge in [-0.3, -0.25) is 9.69 Å². The third-order valence-corrected chi connectivity index (χ3v) is 4.16. The highest BCUT2D eigenvalue weighted by Crippen LogP contribution is 2.16. The van der Waals surface area contributed by atoms with E-state index in [1.807, 2.05) is 19.1 Å². The van der Waals surface area contributed by atoms with Crippen LogP contribution in [0.1, 0.15) is 42.1 Å². The van der Waals surface area contributed by atoms with Crippen LogP contribution in [0.2, 0.25) is 0 Å². The highest BCUT2D eigenvalue weighted by Gasteiger charge is 2.21. The lowest BCUT2D eigenvalue weighted by Gasteiger charge is -2.34. The quantitative estimate of drug-likeness (QED) is 0.828. The van der Waals surface area contributed by atoms with Gasteiger partial charge in [-0.2, -0.15) is 0 Å². The number of amides is 1. The lowest BCUT2D eigenvalue weighted by Crippen LogP contribution is -2.46. The Labute approximate surface area is 121 Å². The van der Waals surface area contributed by atoms with Crippen molar-refractivity contribution in [2.24, 2.45) is 0 Å². The van der Waals surface area contributed by atoms with Crippen molar-refractivity contribution >= 4 is 11.6 Å². The zero-order valence-electron chi connectivity index (χ0n) is 12.5. The van der Waals surface area contributed by atoms with E-state index in [0.29, 0.717) is 17.3 Å². The second kappa shape index (κ2) is 6.75. The summed E-state index contributed by atoms with van der Waals surface area (Å²) in [5, 5.41) is 3.06. The third kappa shape index (κ3) is 3.51. The number of nitrogens with one attached hydrogen (secondary N) is 1. The number of benzene rings is 1. The van der Waals surface area contributed by atoms with Crippen LogP contribution < -0.4 is 11.1 Å². The van der Waals surface area contributed by atoms with Gasteiger partial charge in [-0.15, -0.1) is 0 Å². The summed E-state index contributed by atoms with van der Waals surface area (Å²) in [5.41, 5.74) is 8.04. The summed E-state index contributed by atoms with van der Waals surface area (Å²) in [7, 11) is 0. The van der Waals surface area contributed by atoms with Crippen LogP contribution in [0.25, 0.3) is 0 Å². The summed E-state index contributed by atoms with van der Waals surface area (Å²) < 4.78 is 0. The maximum atomic E-state index is 12.3. The SMILES string of the molecule is CCN1CCCCC1CNC(=O)c1cc(N)ccc1C. The van der Waals surface area contributed by atoms with Gasteiger partial charge < -0.3 is 11.1 Å². The van der Waals surface area contributed by atoms with E-state index in [1.165, 1.54) is 19.3 Å². The van der Waals surface area contributed by atoms with E-state index >= 15 is 0 Å². The van der Waals surface area contributed by atoms with E-state index < -0.39 is 0 Å². The lowest BCUT2D eigenvalue weighted by molar-refractivity contribution is 0.0917. The minimum atomic E-state index is -0.0172. The predicted octanol–water partition coefficient (Wildman–Crippen LogP) is 2.18. The molecule has 1 aliphatic rings. The molecule has 1 aromatic rings. The molecular formula is C16H25N3O. The van der Waals surface area contributed by atoms with Gasteiger partial charge in [-0.25, -0.2) is 0 Å². The van der Waals surface area contributed by atoms with Gasteiger partial charge in [-0.1, -0.05) is 19.4 Å². The Bertz CT molecular complexity index is 473. The smallest absolute Gasteiger partial charge is 0.251 e. The highest BCUT2D eigenvalue weighted by molar-refractivity contribution is 5.96. The maximum Gasteiger partial charge on any atom is 0.251 e. The minimum absolute atomic E-state index is 0.0172. The highest BCUT2D eigenvalue weighted by atomic mass is 16.1. The van der Waals surface area contributed by atoms with E-state index in [2.05, 4.69) is 17.1 Å². The van der Waals surface area contributed by atoms with Crippen LogP contribution >= 0.6 is 0 Å². The molecule has 2 rings (SSSR count). The fraction of sp³-hybridized carbons (Fsp3) is 0.562. The summed E-state index contributed by atoms with van der Waals surface area (Å²) in [6, 6.07) is 5.94. The molecule has 1 unspecified atom stereocenters. The van der Waals surface area contributed by atoms with Crippen LogP contribution in [0.3, 0.4) is 0 Å². The summed E-state index contributed by atoms with van der Waals surface area (Å²) in [5.74, 6) is -0.0172. The second-order valence-electron chi connectivity index (χ2n) is 5.56. The number of piperidine rings is 1.